The van der Waals surface area contributed by atoms with Crippen molar-refractivity contribution < 1.29 is 27.1 Å². The smallest absolute Gasteiger partial charge is 0.320 e. The van der Waals surface area contributed by atoms with Crippen LogP contribution in [0, 0.1) is 11.6 Å². The lowest BCUT2D eigenvalue weighted by Gasteiger charge is -2.20. The number of rotatable bonds is 9. The first kappa shape index (κ1) is 26.9. The average Bonchev–Trinajstić information content (AvgIpc) is 3.42. The Morgan fingerprint density at radius 2 is 1.92 bits per heavy atom. The monoisotopic (exact) mass is 533 g/mol. The summed E-state index contributed by atoms with van der Waals surface area (Å²) in [6.07, 6.45) is 0. The molecule has 2 aromatic carbocycles. The first-order valence-electron chi connectivity index (χ1n) is 11.7. The topological polar surface area (TPSA) is 109 Å². The van der Waals surface area contributed by atoms with Crippen LogP contribution in [0.25, 0.3) is 11.3 Å². The first-order valence-corrected chi connectivity index (χ1v) is 13.0. The maximum Gasteiger partial charge on any atom is 0.320 e. The predicted octanol–water partition coefficient (Wildman–Crippen LogP) is 3.32. The molecule has 1 aromatic heterocycles. The van der Waals surface area contributed by atoms with Crippen LogP contribution in [0.5, 0.6) is 0 Å². The Morgan fingerprint density at radius 3 is 2.59 bits per heavy atom. The molecule has 1 aliphatic rings. The molecular formula is C25H29F2N5O4S. The normalized spacial score (nSPS) is 18.6. The number of methoxy groups -OCH3 is 1. The SMILES string of the molecule is COCCN1C[C@@H](NC(=O)Nc2cc(-c3ccc(CS(=O)O)cc3)nn2C)[C@H](c2ccc(F)c(F)c2)C1. The summed E-state index contributed by atoms with van der Waals surface area (Å²) in [4.78, 5) is 15.0. The molecule has 0 spiro atoms. The van der Waals surface area contributed by atoms with E-state index in [1.54, 1.807) is 50.6 Å². The second-order valence-corrected chi connectivity index (χ2v) is 9.87. The molecule has 0 radical (unpaired) electrons. The van der Waals surface area contributed by atoms with Crippen LogP contribution in [0.4, 0.5) is 19.4 Å². The highest BCUT2D eigenvalue weighted by Crippen LogP contribution is 2.29. The van der Waals surface area contributed by atoms with Crippen molar-refractivity contribution in [3.63, 3.8) is 0 Å². The third kappa shape index (κ3) is 6.77. The van der Waals surface area contributed by atoms with E-state index >= 15 is 0 Å². The summed E-state index contributed by atoms with van der Waals surface area (Å²) in [7, 11) is 3.31. The standard InChI is InChI=1S/C25H29F2N5O4S/c1-31-24(12-22(30-31)17-5-3-16(4-6-17)15-37(34)35)29-25(33)28-23-14-32(9-10-36-2)13-19(23)18-7-8-20(26)21(27)11-18/h3-8,11-12,19,23H,9-10,13-15H2,1-2H3,(H,34,35)(H2,28,29,33)/t19-,23+/m0/s1. The third-order valence-electron chi connectivity index (χ3n) is 6.36. The molecule has 2 amide bonds. The van der Waals surface area contributed by atoms with Crippen molar-refractivity contribution in [2.45, 2.75) is 17.7 Å². The summed E-state index contributed by atoms with van der Waals surface area (Å²) < 4.78 is 54.2. The van der Waals surface area contributed by atoms with Gasteiger partial charge in [0.25, 0.3) is 0 Å². The molecule has 3 atom stereocenters. The van der Waals surface area contributed by atoms with Gasteiger partial charge in [-0.2, -0.15) is 5.10 Å². The molecule has 3 N–H and O–H groups in total. The summed E-state index contributed by atoms with van der Waals surface area (Å²) in [5.74, 6) is -1.55. The largest absolute Gasteiger partial charge is 0.383 e. The van der Waals surface area contributed by atoms with E-state index in [1.807, 2.05) is 0 Å². The first-order chi connectivity index (χ1) is 17.7. The fourth-order valence-electron chi connectivity index (χ4n) is 4.48. The van der Waals surface area contributed by atoms with Gasteiger partial charge in [0.1, 0.15) is 5.82 Å². The second kappa shape index (κ2) is 11.9. The van der Waals surface area contributed by atoms with Crippen LogP contribution in [0.2, 0.25) is 0 Å². The zero-order chi connectivity index (χ0) is 26.5. The highest BCUT2D eigenvalue weighted by atomic mass is 32.2. The molecule has 3 aromatic rings. The number of nitrogens with zero attached hydrogens (tertiary/aromatic N) is 3. The lowest BCUT2D eigenvalue weighted by Crippen LogP contribution is -2.42. The number of aryl methyl sites for hydroxylation is 1. The number of hydrogen-bond acceptors (Lipinski definition) is 5. The van der Waals surface area contributed by atoms with Gasteiger partial charge in [-0.25, -0.2) is 17.8 Å². The highest BCUT2D eigenvalue weighted by Gasteiger charge is 2.35. The molecule has 37 heavy (non-hydrogen) atoms. The summed E-state index contributed by atoms with van der Waals surface area (Å²) in [6, 6.07) is 11.9. The molecule has 0 aliphatic carbocycles. The summed E-state index contributed by atoms with van der Waals surface area (Å²) >= 11 is -1.92. The number of nitrogens with one attached hydrogen (secondary N) is 2. The molecule has 0 saturated carbocycles. The van der Waals surface area contributed by atoms with Gasteiger partial charge in [-0.1, -0.05) is 30.3 Å². The number of hydrogen-bond donors (Lipinski definition) is 3. The molecule has 9 nitrogen and oxygen atoms in total. The van der Waals surface area contributed by atoms with Crippen molar-refractivity contribution in [1.29, 1.82) is 0 Å². The van der Waals surface area contributed by atoms with Crippen LogP contribution in [-0.2, 0) is 28.6 Å². The maximum atomic E-state index is 13.9. The quantitative estimate of drug-likeness (QED) is 0.364. The van der Waals surface area contributed by atoms with Crippen molar-refractivity contribution in [2.24, 2.45) is 7.05 Å². The maximum absolute atomic E-state index is 13.9. The number of carbonyl (C=O) groups excluding carboxylic acids is 1. The van der Waals surface area contributed by atoms with E-state index in [2.05, 4.69) is 20.6 Å². The van der Waals surface area contributed by atoms with Crippen LogP contribution in [0.1, 0.15) is 17.0 Å². The van der Waals surface area contributed by atoms with Crippen LogP contribution in [0.15, 0.2) is 48.5 Å². The average molecular weight is 534 g/mol. The number of halogens is 2. The zero-order valence-electron chi connectivity index (χ0n) is 20.5. The Bertz CT molecular complexity index is 1270. The van der Waals surface area contributed by atoms with Gasteiger partial charge in [0.15, 0.2) is 22.7 Å². The number of amides is 2. The number of anilines is 1. The van der Waals surface area contributed by atoms with Crippen LogP contribution in [-0.4, -0.2) is 68.9 Å². The van der Waals surface area contributed by atoms with Gasteiger partial charge < -0.3 is 14.6 Å². The van der Waals surface area contributed by atoms with Gasteiger partial charge in [0, 0.05) is 51.3 Å². The number of urea groups is 1. The van der Waals surface area contributed by atoms with Crippen molar-refractivity contribution in [2.75, 3.05) is 38.7 Å². The molecule has 1 unspecified atom stereocenters. The fraction of sp³-hybridized carbons (Fsp3) is 0.360. The number of benzene rings is 2. The van der Waals surface area contributed by atoms with Gasteiger partial charge in [-0.05, 0) is 23.3 Å². The van der Waals surface area contributed by atoms with E-state index < -0.39 is 28.7 Å². The van der Waals surface area contributed by atoms with Crippen LogP contribution in [0.3, 0.4) is 0 Å². The van der Waals surface area contributed by atoms with Gasteiger partial charge >= 0.3 is 6.03 Å². The van der Waals surface area contributed by atoms with E-state index in [-0.39, 0.29) is 17.7 Å². The lowest BCUT2D eigenvalue weighted by atomic mass is 9.94. The minimum Gasteiger partial charge on any atom is -0.383 e. The van der Waals surface area contributed by atoms with E-state index in [4.69, 9.17) is 9.29 Å². The zero-order valence-corrected chi connectivity index (χ0v) is 21.3. The van der Waals surface area contributed by atoms with Crippen molar-refractivity contribution in [1.82, 2.24) is 20.0 Å². The number of ether oxygens (including phenoxy) is 1. The summed E-state index contributed by atoms with van der Waals surface area (Å²) in [5.41, 5.74) is 2.76. The van der Waals surface area contributed by atoms with Crippen LogP contribution < -0.4 is 10.6 Å². The summed E-state index contributed by atoms with van der Waals surface area (Å²) in [5, 5.41) is 10.2. The molecule has 4 rings (SSSR count). The lowest BCUT2D eigenvalue weighted by molar-refractivity contribution is 0.159. The Labute approximate surface area is 216 Å². The number of aromatic nitrogens is 2. The minimum atomic E-state index is -1.92. The number of likely N-dealkylation sites (tertiary alicyclic amines) is 1. The van der Waals surface area contributed by atoms with Gasteiger partial charge in [0.2, 0.25) is 0 Å². The summed E-state index contributed by atoms with van der Waals surface area (Å²) in [6.45, 7) is 2.26. The predicted molar refractivity (Wildman–Crippen MR) is 136 cm³/mol. The van der Waals surface area contributed by atoms with Crippen LogP contribution >= 0.6 is 0 Å². The fourth-order valence-corrected chi connectivity index (χ4v) is 4.95. The van der Waals surface area contributed by atoms with E-state index in [0.29, 0.717) is 43.3 Å². The van der Waals surface area contributed by atoms with E-state index in [9.17, 15) is 17.8 Å². The second-order valence-electron chi connectivity index (χ2n) is 8.94. The molecule has 1 fully saturated rings. The molecule has 198 valence electrons. The minimum absolute atomic E-state index is 0.0467. The molecule has 1 aliphatic heterocycles. The molecule has 2 heterocycles. The van der Waals surface area contributed by atoms with Gasteiger partial charge in [-0.15, -0.1) is 0 Å². The van der Waals surface area contributed by atoms with Crippen molar-refractivity contribution in [3.8, 4) is 11.3 Å². The number of carbonyl (C=O) groups is 1. The van der Waals surface area contributed by atoms with E-state index in [1.165, 1.54) is 10.7 Å². The molecular weight excluding hydrogens is 504 g/mol. The molecule has 0 bridgehead atoms. The molecule has 12 heteroatoms. The van der Waals surface area contributed by atoms with Crippen molar-refractivity contribution >= 4 is 22.9 Å². The third-order valence-corrected chi connectivity index (χ3v) is 6.94. The molecule has 1 saturated heterocycles. The Morgan fingerprint density at radius 1 is 1.16 bits per heavy atom. The van der Waals surface area contributed by atoms with Gasteiger partial charge in [-0.3, -0.25) is 14.9 Å². The van der Waals surface area contributed by atoms with Crippen molar-refractivity contribution in [3.05, 3.63) is 71.3 Å². The Balaban J connectivity index is 1.45. The Hall–Kier alpha value is -3.19. The van der Waals surface area contributed by atoms with E-state index in [0.717, 1.165) is 17.2 Å². The van der Waals surface area contributed by atoms with Gasteiger partial charge in [0.05, 0.1) is 24.1 Å². The Kier molecular flexibility index (Phi) is 8.64. The highest BCUT2D eigenvalue weighted by molar-refractivity contribution is 7.78.